The van der Waals surface area contributed by atoms with E-state index in [1.165, 1.54) is 0 Å². The number of anilines is 3. The highest BCUT2D eigenvalue weighted by molar-refractivity contribution is 6.05. The summed E-state index contributed by atoms with van der Waals surface area (Å²) in [6, 6.07) is 22.0. The lowest BCUT2D eigenvalue weighted by atomic mass is 10.00. The first-order valence-electron chi connectivity index (χ1n) is 7.26. The SMILES string of the molecule is Nc1ccccc1-c1ccc(C(=O)Nc2ccccc2)cc1N. The minimum Gasteiger partial charge on any atom is -0.398 e. The molecule has 0 spiro atoms. The third-order valence-corrected chi connectivity index (χ3v) is 3.60. The molecule has 0 unspecified atom stereocenters. The number of hydrogen-bond acceptors (Lipinski definition) is 3. The van der Waals surface area contributed by atoms with Crippen LogP contribution in [0.3, 0.4) is 0 Å². The fraction of sp³-hybridized carbons (Fsp3) is 0. The molecule has 23 heavy (non-hydrogen) atoms. The Kier molecular flexibility index (Phi) is 3.97. The lowest BCUT2D eigenvalue weighted by Crippen LogP contribution is -2.12. The number of hydrogen-bond donors (Lipinski definition) is 3. The van der Waals surface area contributed by atoms with Gasteiger partial charge in [0.05, 0.1) is 0 Å². The van der Waals surface area contributed by atoms with Crippen molar-refractivity contribution >= 4 is 23.0 Å². The summed E-state index contributed by atoms with van der Waals surface area (Å²) in [5.41, 5.74) is 16.2. The van der Waals surface area contributed by atoms with Crippen molar-refractivity contribution in [1.29, 1.82) is 0 Å². The Morgan fingerprint density at radius 2 is 1.39 bits per heavy atom. The Balaban J connectivity index is 1.88. The molecule has 4 nitrogen and oxygen atoms in total. The van der Waals surface area contributed by atoms with Crippen molar-refractivity contribution in [2.45, 2.75) is 0 Å². The van der Waals surface area contributed by atoms with E-state index in [4.69, 9.17) is 11.5 Å². The van der Waals surface area contributed by atoms with E-state index >= 15 is 0 Å². The van der Waals surface area contributed by atoms with Crippen LogP contribution in [0.2, 0.25) is 0 Å². The summed E-state index contributed by atoms with van der Waals surface area (Å²) < 4.78 is 0. The van der Waals surface area contributed by atoms with Crippen molar-refractivity contribution in [3.8, 4) is 11.1 Å². The van der Waals surface area contributed by atoms with Crippen LogP contribution in [0.25, 0.3) is 11.1 Å². The summed E-state index contributed by atoms with van der Waals surface area (Å²) in [7, 11) is 0. The molecule has 0 aromatic heterocycles. The summed E-state index contributed by atoms with van der Waals surface area (Å²) in [6.07, 6.45) is 0. The molecule has 0 saturated carbocycles. The van der Waals surface area contributed by atoms with Gasteiger partial charge in [-0.05, 0) is 30.3 Å². The Hall–Kier alpha value is -3.27. The van der Waals surface area contributed by atoms with Gasteiger partial charge < -0.3 is 16.8 Å². The summed E-state index contributed by atoms with van der Waals surface area (Å²) in [5, 5.41) is 2.84. The van der Waals surface area contributed by atoms with Crippen LogP contribution in [-0.2, 0) is 0 Å². The molecule has 3 aromatic rings. The van der Waals surface area contributed by atoms with Crippen molar-refractivity contribution < 1.29 is 4.79 Å². The van der Waals surface area contributed by atoms with E-state index in [1.807, 2.05) is 60.7 Å². The van der Waals surface area contributed by atoms with Gasteiger partial charge in [0.15, 0.2) is 0 Å². The molecule has 0 atom stereocenters. The lowest BCUT2D eigenvalue weighted by Gasteiger charge is -2.11. The molecular weight excluding hydrogens is 286 g/mol. The quantitative estimate of drug-likeness (QED) is 0.644. The van der Waals surface area contributed by atoms with Crippen molar-refractivity contribution in [1.82, 2.24) is 0 Å². The zero-order valence-corrected chi connectivity index (χ0v) is 12.5. The molecule has 0 saturated heterocycles. The van der Waals surface area contributed by atoms with E-state index in [2.05, 4.69) is 5.32 Å². The van der Waals surface area contributed by atoms with Gasteiger partial charge >= 0.3 is 0 Å². The minimum absolute atomic E-state index is 0.199. The number of carbonyl (C=O) groups is 1. The van der Waals surface area contributed by atoms with Gasteiger partial charge in [-0.3, -0.25) is 4.79 Å². The highest BCUT2D eigenvalue weighted by atomic mass is 16.1. The van der Waals surface area contributed by atoms with Gasteiger partial charge in [0.2, 0.25) is 0 Å². The smallest absolute Gasteiger partial charge is 0.255 e. The molecule has 0 aliphatic rings. The molecule has 0 fully saturated rings. The van der Waals surface area contributed by atoms with Crippen LogP contribution in [0.15, 0.2) is 72.8 Å². The molecule has 114 valence electrons. The number of nitrogens with one attached hydrogen (secondary N) is 1. The number of para-hydroxylation sites is 2. The average molecular weight is 303 g/mol. The minimum atomic E-state index is -0.199. The third kappa shape index (κ3) is 3.16. The van der Waals surface area contributed by atoms with Crippen LogP contribution >= 0.6 is 0 Å². The Labute approximate surface area is 134 Å². The van der Waals surface area contributed by atoms with Crippen LogP contribution in [0.1, 0.15) is 10.4 Å². The number of carbonyl (C=O) groups excluding carboxylic acids is 1. The summed E-state index contributed by atoms with van der Waals surface area (Å²) in [6.45, 7) is 0. The van der Waals surface area contributed by atoms with Gasteiger partial charge in [-0.25, -0.2) is 0 Å². The van der Waals surface area contributed by atoms with Gasteiger partial charge in [-0.1, -0.05) is 42.5 Å². The second-order valence-electron chi connectivity index (χ2n) is 5.21. The maximum atomic E-state index is 12.3. The molecule has 0 aliphatic heterocycles. The maximum absolute atomic E-state index is 12.3. The van der Waals surface area contributed by atoms with E-state index in [1.54, 1.807) is 12.1 Å². The van der Waals surface area contributed by atoms with Crippen molar-refractivity contribution in [2.24, 2.45) is 0 Å². The molecule has 1 amide bonds. The molecule has 3 aromatic carbocycles. The number of nitrogens with two attached hydrogens (primary N) is 2. The van der Waals surface area contributed by atoms with Crippen molar-refractivity contribution in [2.75, 3.05) is 16.8 Å². The predicted molar refractivity (Wildman–Crippen MR) is 95.1 cm³/mol. The van der Waals surface area contributed by atoms with Gasteiger partial charge in [-0.15, -0.1) is 0 Å². The van der Waals surface area contributed by atoms with E-state index in [0.717, 1.165) is 16.8 Å². The van der Waals surface area contributed by atoms with Crippen LogP contribution in [-0.4, -0.2) is 5.91 Å². The van der Waals surface area contributed by atoms with Crippen LogP contribution in [0, 0.1) is 0 Å². The van der Waals surface area contributed by atoms with Gasteiger partial charge in [0.25, 0.3) is 5.91 Å². The standard InChI is InChI=1S/C19H17N3O/c20-17-9-5-4-8-15(17)16-11-10-13(12-18(16)21)19(23)22-14-6-2-1-3-7-14/h1-12H,20-21H2,(H,22,23). The number of nitrogen functional groups attached to an aromatic ring is 2. The molecule has 0 heterocycles. The molecule has 4 heteroatoms. The Bertz CT molecular complexity index is 844. The summed E-state index contributed by atoms with van der Waals surface area (Å²) in [4.78, 5) is 12.3. The van der Waals surface area contributed by atoms with Gasteiger partial charge in [-0.2, -0.15) is 0 Å². The highest BCUT2D eigenvalue weighted by Crippen LogP contribution is 2.31. The third-order valence-electron chi connectivity index (χ3n) is 3.60. The van der Waals surface area contributed by atoms with Crippen LogP contribution in [0.5, 0.6) is 0 Å². The zero-order chi connectivity index (χ0) is 16.2. The molecule has 0 radical (unpaired) electrons. The molecule has 0 aliphatic carbocycles. The molecular formula is C19H17N3O. The van der Waals surface area contributed by atoms with Crippen molar-refractivity contribution in [3.63, 3.8) is 0 Å². The summed E-state index contributed by atoms with van der Waals surface area (Å²) in [5.74, 6) is -0.199. The summed E-state index contributed by atoms with van der Waals surface area (Å²) >= 11 is 0. The van der Waals surface area contributed by atoms with Gasteiger partial charge in [0.1, 0.15) is 0 Å². The van der Waals surface area contributed by atoms with Crippen LogP contribution < -0.4 is 16.8 Å². The fourth-order valence-corrected chi connectivity index (χ4v) is 2.42. The van der Waals surface area contributed by atoms with Crippen molar-refractivity contribution in [3.05, 3.63) is 78.4 Å². The number of benzene rings is 3. The number of amides is 1. The topological polar surface area (TPSA) is 81.1 Å². The van der Waals surface area contributed by atoms with Crippen LogP contribution in [0.4, 0.5) is 17.1 Å². The van der Waals surface area contributed by atoms with E-state index < -0.39 is 0 Å². The molecule has 0 bridgehead atoms. The second kappa shape index (κ2) is 6.23. The lowest BCUT2D eigenvalue weighted by molar-refractivity contribution is 0.102. The fourth-order valence-electron chi connectivity index (χ4n) is 2.42. The monoisotopic (exact) mass is 303 g/mol. The van der Waals surface area contributed by atoms with Gasteiger partial charge in [0, 0.05) is 33.8 Å². The second-order valence-corrected chi connectivity index (χ2v) is 5.21. The molecule has 5 N–H and O–H groups in total. The first kappa shape index (κ1) is 14.7. The zero-order valence-electron chi connectivity index (χ0n) is 12.5. The molecule has 3 rings (SSSR count). The van der Waals surface area contributed by atoms with E-state index in [0.29, 0.717) is 16.9 Å². The van der Waals surface area contributed by atoms with E-state index in [9.17, 15) is 4.79 Å². The predicted octanol–water partition coefficient (Wildman–Crippen LogP) is 3.77. The average Bonchev–Trinajstić information content (AvgIpc) is 2.56. The highest BCUT2D eigenvalue weighted by Gasteiger charge is 2.11. The number of rotatable bonds is 3. The first-order valence-corrected chi connectivity index (χ1v) is 7.26. The maximum Gasteiger partial charge on any atom is 0.255 e. The Morgan fingerprint density at radius 1 is 0.739 bits per heavy atom. The van der Waals surface area contributed by atoms with E-state index in [-0.39, 0.29) is 5.91 Å². The Morgan fingerprint density at radius 3 is 2.09 bits per heavy atom. The first-order chi connectivity index (χ1) is 11.1. The normalized spacial score (nSPS) is 10.3. The largest absolute Gasteiger partial charge is 0.398 e.